The highest BCUT2D eigenvalue weighted by atomic mass is 19.1. The van der Waals surface area contributed by atoms with Crippen LogP contribution in [0, 0.1) is 11.7 Å². The molecule has 1 aliphatic heterocycles. The summed E-state index contributed by atoms with van der Waals surface area (Å²) in [6, 6.07) is 19.6. The van der Waals surface area contributed by atoms with Crippen molar-refractivity contribution in [3.05, 3.63) is 114 Å². The summed E-state index contributed by atoms with van der Waals surface area (Å²) in [5.74, 6) is -2.46. The van der Waals surface area contributed by atoms with Crippen LogP contribution in [-0.2, 0) is 43.4 Å². The quantitative estimate of drug-likeness (QED) is 0.166. The van der Waals surface area contributed by atoms with E-state index in [0.717, 1.165) is 16.7 Å². The van der Waals surface area contributed by atoms with Gasteiger partial charge in [0.25, 0.3) is 5.91 Å². The number of carbonyl (C=O) groups excluding carboxylic acids is 5. The Morgan fingerprint density at radius 1 is 0.880 bits per heavy atom. The smallest absolute Gasteiger partial charge is 0.408 e. The minimum absolute atomic E-state index is 0.0176. The number of alkyl carbamates (subject to hydrolysis) is 1. The van der Waals surface area contributed by atoms with Gasteiger partial charge in [0.1, 0.15) is 24.5 Å². The number of halogens is 1. The number of benzene rings is 3. The summed E-state index contributed by atoms with van der Waals surface area (Å²) in [5, 5.41) is 8.29. The highest BCUT2D eigenvalue weighted by Crippen LogP contribution is 2.28. The van der Waals surface area contributed by atoms with Gasteiger partial charge in [-0.2, -0.15) is 0 Å². The first-order valence-corrected chi connectivity index (χ1v) is 16.7. The second kappa shape index (κ2) is 18.3. The molecule has 0 unspecified atom stereocenters. The summed E-state index contributed by atoms with van der Waals surface area (Å²) < 4.78 is 19.0. The summed E-state index contributed by atoms with van der Waals surface area (Å²) in [6.45, 7) is 4.20. The Morgan fingerprint density at radius 2 is 1.54 bits per heavy atom. The molecule has 1 aliphatic rings. The molecule has 0 bridgehead atoms. The lowest BCUT2D eigenvalue weighted by Gasteiger charge is -2.25. The molecule has 0 aliphatic carbocycles. The third kappa shape index (κ3) is 11.6. The van der Waals surface area contributed by atoms with Crippen molar-refractivity contribution in [1.29, 1.82) is 0 Å². The average Bonchev–Trinajstić information content (AvgIpc) is 3.51. The molecule has 0 radical (unpaired) electrons. The maximum Gasteiger partial charge on any atom is 0.408 e. The lowest BCUT2D eigenvalue weighted by Crippen LogP contribution is -2.55. The van der Waals surface area contributed by atoms with Gasteiger partial charge in [0.2, 0.25) is 17.7 Å². The Kier molecular flexibility index (Phi) is 13.7. The van der Waals surface area contributed by atoms with Crippen LogP contribution in [0.25, 0.3) is 0 Å². The van der Waals surface area contributed by atoms with Crippen molar-refractivity contribution < 1.29 is 33.1 Å². The van der Waals surface area contributed by atoms with Gasteiger partial charge >= 0.3 is 6.09 Å². The van der Waals surface area contributed by atoms with Crippen LogP contribution >= 0.6 is 0 Å². The minimum Gasteiger partial charge on any atom is -0.445 e. The number of nitrogens with two attached hydrogens (primary N) is 1. The molecule has 4 rings (SSSR count). The molecule has 3 aromatic carbocycles. The third-order valence-corrected chi connectivity index (χ3v) is 8.15. The number of nitrogens with zero attached hydrogens (tertiary/aromatic N) is 1. The number of ether oxygens (including phenoxy) is 1. The molecule has 264 valence electrons. The number of fused-ring (bicyclic) bond motifs is 1. The van der Waals surface area contributed by atoms with Crippen molar-refractivity contribution >= 4 is 35.4 Å². The average molecular weight is 686 g/mol. The van der Waals surface area contributed by atoms with E-state index >= 15 is 0 Å². The SMILES string of the molecule is CC(C)C[C@H](NC(=O)OCc1ccccc1)C(=O)N[C@@H](Cc1ccccc1)C(=O)N[C@H](/C=C/C(=O)N1CCc2cc(F)ccc21)CCC(N)=O. The van der Waals surface area contributed by atoms with Gasteiger partial charge in [0, 0.05) is 37.2 Å². The number of nitrogens with one attached hydrogen (secondary N) is 3. The van der Waals surface area contributed by atoms with Gasteiger partial charge in [-0.15, -0.1) is 0 Å². The second-order valence-electron chi connectivity index (χ2n) is 12.6. The summed E-state index contributed by atoms with van der Waals surface area (Å²) in [7, 11) is 0. The first-order valence-electron chi connectivity index (χ1n) is 16.7. The Hall–Kier alpha value is -5.52. The molecule has 1 heterocycles. The Labute approximate surface area is 291 Å². The zero-order valence-corrected chi connectivity index (χ0v) is 28.3. The fourth-order valence-electron chi connectivity index (χ4n) is 5.63. The highest BCUT2D eigenvalue weighted by Gasteiger charge is 2.29. The molecule has 0 aromatic heterocycles. The number of anilines is 1. The van der Waals surface area contributed by atoms with E-state index in [-0.39, 0.29) is 49.9 Å². The van der Waals surface area contributed by atoms with Gasteiger partial charge in [0.05, 0.1) is 0 Å². The molecule has 50 heavy (non-hydrogen) atoms. The number of primary amides is 1. The van der Waals surface area contributed by atoms with Crippen molar-refractivity contribution in [3.8, 4) is 0 Å². The van der Waals surface area contributed by atoms with E-state index in [4.69, 9.17) is 10.5 Å². The molecule has 0 spiro atoms. The molecular weight excluding hydrogens is 641 g/mol. The second-order valence-corrected chi connectivity index (χ2v) is 12.6. The number of amides is 5. The summed E-state index contributed by atoms with van der Waals surface area (Å²) >= 11 is 0. The van der Waals surface area contributed by atoms with E-state index in [0.29, 0.717) is 18.7 Å². The number of hydrogen-bond donors (Lipinski definition) is 4. The summed E-state index contributed by atoms with van der Waals surface area (Å²) in [6.07, 6.45) is 2.96. The Bertz CT molecular complexity index is 1670. The Balaban J connectivity index is 1.48. The zero-order valence-electron chi connectivity index (χ0n) is 28.3. The van der Waals surface area contributed by atoms with E-state index in [1.807, 2.05) is 74.5 Å². The van der Waals surface area contributed by atoms with Gasteiger partial charge in [-0.25, -0.2) is 9.18 Å². The molecule has 12 heteroatoms. The van der Waals surface area contributed by atoms with Crippen LogP contribution in [0.4, 0.5) is 14.9 Å². The number of rotatable bonds is 16. The van der Waals surface area contributed by atoms with Crippen LogP contribution < -0.4 is 26.6 Å². The van der Waals surface area contributed by atoms with Crippen LogP contribution in [0.2, 0.25) is 0 Å². The van der Waals surface area contributed by atoms with E-state index in [1.165, 1.54) is 29.2 Å². The van der Waals surface area contributed by atoms with Crippen molar-refractivity contribution in [1.82, 2.24) is 16.0 Å². The predicted molar refractivity (Wildman–Crippen MR) is 187 cm³/mol. The molecule has 5 amide bonds. The van der Waals surface area contributed by atoms with Crippen LogP contribution in [0.3, 0.4) is 0 Å². The topological polar surface area (TPSA) is 160 Å². The first kappa shape index (κ1) is 37.3. The molecule has 11 nitrogen and oxygen atoms in total. The fraction of sp³-hybridized carbons (Fsp3) is 0.342. The normalized spacial score (nSPS) is 14.0. The number of carbonyl (C=O) groups is 5. The van der Waals surface area contributed by atoms with Gasteiger partial charge in [-0.3, -0.25) is 19.2 Å². The molecule has 0 saturated heterocycles. The predicted octanol–water partition coefficient (Wildman–Crippen LogP) is 4.09. The lowest BCUT2D eigenvalue weighted by molar-refractivity contribution is -0.130. The van der Waals surface area contributed by atoms with E-state index in [2.05, 4.69) is 16.0 Å². The van der Waals surface area contributed by atoms with Crippen LogP contribution in [0.5, 0.6) is 0 Å². The largest absolute Gasteiger partial charge is 0.445 e. The molecule has 0 saturated carbocycles. The molecule has 0 fully saturated rings. The molecular formula is C38H44FN5O6. The van der Waals surface area contributed by atoms with E-state index in [1.54, 1.807) is 6.07 Å². The molecule has 5 N–H and O–H groups in total. The molecule has 3 atom stereocenters. The lowest BCUT2D eigenvalue weighted by atomic mass is 10.0. The maximum atomic E-state index is 13.8. The van der Waals surface area contributed by atoms with Crippen molar-refractivity contribution in [2.24, 2.45) is 11.7 Å². The third-order valence-electron chi connectivity index (χ3n) is 8.15. The van der Waals surface area contributed by atoms with Gasteiger partial charge in [-0.05, 0) is 60.1 Å². The Morgan fingerprint density at radius 3 is 2.20 bits per heavy atom. The van der Waals surface area contributed by atoms with Crippen molar-refractivity contribution in [2.75, 3.05) is 11.4 Å². The van der Waals surface area contributed by atoms with Crippen LogP contribution in [-0.4, -0.2) is 54.4 Å². The molecule has 3 aromatic rings. The minimum atomic E-state index is -1.08. The first-order chi connectivity index (χ1) is 24.0. The summed E-state index contributed by atoms with van der Waals surface area (Å²) in [4.78, 5) is 66.6. The van der Waals surface area contributed by atoms with Crippen molar-refractivity contribution in [2.45, 2.75) is 70.7 Å². The van der Waals surface area contributed by atoms with Gasteiger partial charge in [0.15, 0.2) is 0 Å². The standard InChI is InChI=1S/C38H44FN5O6/c1-25(2)21-31(43-38(49)50-24-27-11-7-4-8-12-27)37(48)42-32(22-26-9-5-3-6-10-26)36(47)41-30(14-17-34(40)45)15-18-35(46)44-20-19-28-23-29(39)13-16-33(28)44/h3-13,15-16,18,23,25,30-32H,14,17,19-22,24H2,1-2H3,(H2,40,45)(H,41,47)(H,42,48)(H,43,49)/b18-15+/t30-,31-,32-/m0/s1. The van der Waals surface area contributed by atoms with E-state index in [9.17, 15) is 28.4 Å². The highest BCUT2D eigenvalue weighted by molar-refractivity contribution is 6.03. The van der Waals surface area contributed by atoms with Crippen molar-refractivity contribution in [3.63, 3.8) is 0 Å². The van der Waals surface area contributed by atoms with Crippen LogP contribution in [0.15, 0.2) is 91.0 Å². The van der Waals surface area contributed by atoms with E-state index < -0.39 is 41.9 Å². The fourth-order valence-corrected chi connectivity index (χ4v) is 5.63. The zero-order chi connectivity index (χ0) is 36.0. The maximum absolute atomic E-state index is 13.8. The van der Waals surface area contributed by atoms with Crippen LogP contribution in [0.1, 0.15) is 49.8 Å². The number of hydrogen-bond acceptors (Lipinski definition) is 6. The monoisotopic (exact) mass is 685 g/mol. The summed E-state index contributed by atoms with van der Waals surface area (Å²) in [5.41, 5.74) is 8.29. The van der Waals surface area contributed by atoms with Gasteiger partial charge < -0.3 is 31.3 Å². The van der Waals surface area contributed by atoms with Gasteiger partial charge in [-0.1, -0.05) is 80.6 Å².